The molecular formula is C15H13ClFNO2. The number of aryl methyl sites for hydroxylation is 1. The van der Waals surface area contributed by atoms with Gasteiger partial charge in [-0.15, -0.1) is 0 Å². The van der Waals surface area contributed by atoms with Gasteiger partial charge in [-0.25, -0.2) is 4.39 Å². The molecule has 0 aliphatic heterocycles. The van der Waals surface area contributed by atoms with Crippen LogP contribution in [0.4, 0.5) is 10.1 Å². The maximum absolute atomic E-state index is 13.3. The molecule has 104 valence electrons. The van der Waals surface area contributed by atoms with Crippen molar-refractivity contribution in [3.8, 4) is 5.75 Å². The molecule has 0 fully saturated rings. The van der Waals surface area contributed by atoms with Crippen LogP contribution in [0.5, 0.6) is 5.75 Å². The minimum Gasteiger partial charge on any atom is -0.481 e. The Labute approximate surface area is 121 Å². The van der Waals surface area contributed by atoms with Crippen LogP contribution in [0.2, 0.25) is 5.02 Å². The second-order valence-electron chi connectivity index (χ2n) is 4.25. The molecule has 0 saturated heterocycles. The predicted octanol–water partition coefficient (Wildman–Crippen LogP) is 3.81. The van der Waals surface area contributed by atoms with Crippen LogP contribution in [0.25, 0.3) is 0 Å². The molecule has 0 unspecified atom stereocenters. The molecule has 0 aliphatic rings. The normalized spacial score (nSPS) is 10.2. The van der Waals surface area contributed by atoms with Gasteiger partial charge in [0.05, 0.1) is 10.7 Å². The van der Waals surface area contributed by atoms with Gasteiger partial charge in [-0.2, -0.15) is 0 Å². The minimum absolute atomic E-state index is 0.0395. The van der Waals surface area contributed by atoms with Gasteiger partial charge in [0.25, 0.3) is 5.91 Å². The molecular weight excluding hydrogens is 281 g/mol. The summed E-state index contributed by atoms with van der Waals surface area (Å²) < 4.78 is 18.4. The number of benzene rings is 2. The Morgan fingerprint density at radius 1 is 1.30 bits per heavy atom. The lowest BCUT2D eigenvalue weighted by Gasteiger charge is -2.09. The second kappa shape index (κ2) is 6.39. The van der Waals surface area contributed by atoms with Crippen molar-refractivity contribution in [3.63, 3.8) is 0 Å². The minimum atomic E-state index is -0.506. The first-order chi connectivity index (χ1) is 9.56. The van der Waals surface area contributed by atoms with Crippen LogP contribution < -0.4 is 10.1 Å². The molecule has 0 radical (unpaired) electrons. The first-order valence-corrected chi connectivity index (χ1v) is 6.37. The molecule has 5 heteroatoms. The number of hydrogen-bond acceptors (Lipinski definition) is 2. The number of halogens is 2. The Balaban J connectivity index is 1.94. The third kappa shape index (κ3) is 3.71. The van der Waals surface area contributed by atoms with Gasteiger partial charge in [0.15, 0.2) is 18.2 Å². The average Bonchev–Trinajstić information content (AvgIpc) is 2.41. The summed E-state index contributed by atoms with van der Waals surface area (Å²) in [6, 6.07) is 11.2. The van der Waals surface area contributed by atoms with Gasteiger partial charge < -0.3 is 10.1 Å². The number of hydrogen-bond donors (Lipinski definition) is 1. The van der Waals surface area contributed by atoms with Crippen LogP contribution in [-0.4, -0.2) is 12.5 Å². The summed E-state index contributed by atoms with van der Waals surface area (Å²) >= 11 is 6.00. The van der Waals surface area contributed by atoms with E-state index < -0.39 is 11.7 Å². The van der Waals surface area contributed by atoms with Crippen LogP contribution in [0, 0.1) is 12.7 Å². The fourth-order valence-corrected chi connectivity index (χ4v) is 1.90. The topological polar surface area (TPSA) is 38.3 Å². The number of anilines is 1. The maximum Gasteiger partial charge on any atom is 0.262 e. The Morgan fingerprint density at radius 3 is 2.75 bits per heavy atom. The van der Waals surface area contributed by atoms with Gasteiger partial charge >= 0.3 is 0 Å². The predicted molar refractivity (Wildman–Crippen MR) is 76.7 cm³/mol. The molecule has 3 nitrogen and oxygen atoms in total. The number of carbonyl (C=O) groups is 1. The summed E-state index contributed by atoms with van der Waals surface area (Å²) in [5.74, 6) is -0.870. The van der Waals surface area contributed by atoms with Crippen LogP contribution in [-0.2, 0) is 4.79 Å². The van der Waals surface area contributed by atoms with Crippen LogP contribution in [0.3, 0.4) is 0 Å². The number of amides is 1. The monoisotopic (exact) mass is 293 g/mol. The molecule has 0 saturated carbocycles. The van der Waals surface area contributed by atoms with E-state index in [1.54, 1.807) is 24.3 Å². The smallest absolute Gasteiger partial charge is 0.262 e. The van der Waals surface area contributed by atoms with Crippen LogP contribution in [0.1, 0.15) is 5.56 Å². The third-order valence-electron chi connectivity index (χ3n) is 2.59. The largest absolute Gasteiger partial charge is 0.481 e. The summed E-state index contributed by atoms with van der Waals surface area (Å²) in [5.41, 5.74) is 1.50. The molecule has 2 aromatic rings. The zero-order valence-electron chi connectivity index (χ0n) is 10.8. The highest BCUT2D eigenvalue weighted by Gasteiger charge is 2.08. The van der Waals surface area contributed by atoms with Gasteiger partial charge in [0.2, 0.25) is 0 Å². The molecule has 0 bridgehead atoms. The fraction of sp³-hybridized carbons (Fsp3) is 0.133. The Morgan fingerprint density at radius 2 is 2.05 bits per heavy atom. The standard InChI is InChI=1S/C15H13ClFNO2/c1-10-6-7-13(11(16)8-10)18-15(19)9-20-14-5-3-2-4-12(14)17/h2-8H,9H2,1H3,(H,18,19). The van der Waals surface area contributed by atoms with Crippen molar-refractivity contribution < 1.29 is 13.9 Å². The summed E-state index contributed by atoms with van der Waals surface area (Å²) in [7, 11) is 0. The van der Waals surface area contributed by atoms with Crippen LogP contribution in [0.15, 0.2) is 42.5 Å². The molecule has 1 N–H and O–H groups in total. The average molecular weight is 294 g/mol. The van der Waals surface area contributed by atoms with E-state index in [1.807, 2.05) is 13.0 Å². The summed E-state index contributed by atoms with van der Waals surface area (Å²) in [6.07, 6.45) is 0. The Kier molecular flexibility index (Phi) is 4.58. The molecule has 1 amide bonds. The van der Waals surface area contributed by atoms with Gasteiger partial charge in [-0.1, -0.05) is 29.8 Å². The van der Waals surface area contributed by atoms with Gasteiger partial charge in [0.1, 0.15) is 0 Å². The van der Waals surface area contributed by atoms with E-state index in [2.05, 4.69) is 5.32 Å². The molecule has 2 aromatic carbocycles. The van der Waals surface area contributed by atoms with Gasteiger partial charge in [-0.3, -0.25) is 4.79 Å². The molecule has 0 heterocycles. The number of rotatable bonds is 4. The first kappa shape index (κ1) is 14.3. The molecule has 0 aliphatic carbocycles. The molecule has 0 aromatic heterocycles. The van der Waals surface area contributed by atoms with Crippen molar-refractivity contribution in [2.75, 3.05) is 11.9 Å². The van der Waals surface area contributed by atoms with Crippen molar-refractivity contribution in [3.05, 3.63) is 58.9 Å². The summed E-state index contributed by atoms with van der Waals surface area (Å²) in [5, 5.41) is 3.06. The molecule has 2 rings (SSSR count). The summed E-state index contributed by atoms with van der Waals surface area (Å²) in [4.78, 5) is 11.7. The lowest BCUT2D eigenvalue weighted by molar-refractivity contribution is -0.118. The van der Waals surface area contributed by atoms with Crippen molar-refractivity contribution in [1.29, 1.82) is 0 Å². The third-order valence-corrected chi connectivity index (χ3v) is 2.91. The highest BCUT2D eigenvalue weighted by Crippen LogP contribution is 2.22. The fourth-order valence-electron chi connectivity index (χ4n) is 1.61. The van der Waals surface area contributed by atoms with E-state index in [0.29, 0.717) is 10.7 Å². The van der Waals surface area contributed by atoms with Crippen molar-refractivity contribution in [1.82, 2.24) is 0 Å². The highest BCUT2D eigenvalue weighted by atomic mass is 35.5. The van der Waals surface area contributed by atoms with Crippen molar-refractivity contribution >= 4 is 23.2 Å². The van der Waals surface area contributed by atoms with Crippen molar-refractivity contribution in [2.45, 2.75) is 6.92 Å². The molecule has 20 heavy (non-hydrogen) atoms. The van der Waals surface area contributed by atoms with E-state index in [4.69, 9.17) is 16.3 Å². The SMILES string of the molecule is Cc1ccc(NC(=O)COc2ccccc2F)c(Cl)c1. The van der Waals surface area contributed by atoms with E-state index in [9.17, 15) is 9.18 Å². The maximum atomic E-state index is 13.3. The first-order valence-electron chi connectivity index (χ1n) is 5.99. The van der Waals surface area contributed by atoms with E-state index >= 15 is 0 Å². The van der Waals surface area contributed by atoms with E-state index in [-0.39, 0.29) is 12.4 Å². The lowest BCUT2D eigenvalue weighted by atomic mass is 10.2. The second-order valence-corrected chi connectivity index (χ2v) is 4.66. The number of carbonyl (C=O) groups excluding carboxylic acids is 1. The number of nitrogens with one attached hydrogen (secondary N) is 1. The Hall–Kier alpha value is -2.07. The van der Waals surface area contributed by atoms with Gasteiger partial charge in [0, 0.05) is 0 Å². The number of para-hydroxylation sites is 1. The van der Waals surface area contributed by atoms with Gasteiger partial charge in [-0.05, 0) is 36.8 Å². The van der Waals surface area contributed by atoms with E-state index in [1.165, 1.54) is 12.1 Å². The Bertz CT molecular complexity index is 631. The lowest BCUT2D eigenvalue weighted by Crippen LogP contribution is -2.20. The quantitative estimate of drug-likeness (QED) is 0.931. The van der Waals surface area contributed by atoms with E-state index in [0.717, 1.165) is 5.56 Å². The van der Waals surface area contributed by atoms with Crippen LogP contribution >= 0.6 is 11.6 Å². The molecule has 0 atom stereocenters. The zero-order valence-corrected chi connectivity index (χ0v) is 11.6. The molecule has 0 spiro atoms. The summed E-state index contributed by atoms with van der Waals surface area (Å²) in [6.45, 7) is 1.61. The highest BCUT2D eigenvalue weighted by molar-refractivity contribution is 6.33. The zero-order chi connectivity index (χ0) is 14.5. The van der Waals surface area contributed by atoms with Crippen molar-refractivity contribution in [2.24, 2.45) is 0 Å². The number of ether oxygens (including phenoxy) is 1.